The Hall–Kier alpha value is -1.81. The average Bonchev–Trinajstić information content (AvgIpc) is 2.88. The Morgan fingerprint density at radius 3 is 2.94 bits per heavy atom. The van der Waals surface area contributed by atoms with Gasteiger partial charge in [0.05, 0.1) is 12.1 Å². The number of nitrogens with zero attached hydrogens (tertiary/aromatic N) is 1. The number of oxazole rings is 1. The number of hydrogen-bond acceptors (Lipinski definition) is 4. The number of nitrogen functional groups attached to an aromatic ring is 1. The fraction of sp³-hybridized carbons (Fsp3) is 0.0833. The van der Waals surface area contributed by atoms with Crippen LogP contribution < -0.4 is 5.73 Å². The number of rotatable bonds is 2. The zero-order chi connectivity index (χ0) is 11.0. The molecule has 0 unspecified atom stereocenters. The van der Waals surface area contributed by atoms with Crippen molar-refractivity contribution < 1.29 is 4.42 Å². The molecule has 0 radical (unpaired) electrons. The number of para-hydroxylation sites is 1. The van der Waals surface area contributed by atoms with Crippen molar-refractivity contribution in [3.63, 3.8) is 0 Å². The molecule has 2 N–H and O–H groups in total. The lowest BCUT2D eigenvalue weighted by Gasteiger charge is -1.89. The summed E-state index contributed by atoms with van der Waals surface area (Å²) in [4.78, 5) is 5.64. The predicted octanol–water partition coefficient (Wildman–Crippen LogP) is 3.06. The SMILES string of the molecule is Nc1cccc2oc(Cc3cccs3)nc12. The van der Waals surface area contributed by atoms with Crippen molar-refractivity contribution in [3.05, 3.63) is 46.5 Å². The van der Waals surface area contributed by atoms with Crippen LogP contribution in [-0.4, -0.2) is 4.98 Å². The molecule has 3 aromatic rings. The van der Waals surface area contributed by atoms with E-state index in [2.05, 4.69) is 11.1 Å². The molecule has 0 saturated heterocycles. The highest BCUT2D eigenvalue weighted by atomic mass is 32.1. The highest BCUT2D eigenvalue weighted by Gasteiger charge is 2.08. The van der Waals surface area contributed by atoms with Gasteiger partial charge in [0.1, 0.15) is 5.52 Å². The monoisotopic (exact) mass is 230 g/mol. The van der Waals surface area contributed by atoms with Crippen molar-refractivity contribution in [1.82, 2.24) is 4.98 Å². The minimum Gasteiger partial charge on any atom is -0.440 e. The lowest BCUT2D eigenvalue weighted by atomic mass is 10.3. The van der Waals surface area contributed by atoms with Crippen LogP contribution in [0.3, 0.4) is 0 Å². The summed E-state index contributed by atoms with van der Waals surface area (Å²) in [6, 6.07) is 9.69. The normalized spacial score (nSPS) is 11.0. The Morgan fingerprint density at radius 1 is 1.25 bits per heavy atom. The highest BCUT2D eigenvalue weighted by molar-refractivity contribution is 7.09. The number of benzene rings is 1. The topological polar surface area (TPSA) is 52.0 Å². The number of fused-ring (bicyclic) bond motifs is 1. The Morgan fingerprint density at radius 2 is 2.19 bits per heavy atom. The van der Waals surface area contributed by atoms with Crippen LogP contribution in [0.1, 0.15) is 10.8 Å². The van der Waals surface area contributed by atoms with Crippen molar-refractivity contribution in [3.8, 4) is 0 Å². The van der Waals surface area contributed by atoms with Gasteiger partial charge in [-0.3, -0.25) is 0 Å². The van der Waals surface area contributed by atoms with E-state index >= 15 is 0 Å². The third-order valence-electron chi connectivity index (χ3n) is 2.40. The molecule has 0 spiro atoms. The van der Waals surface area contributed by atoms with Gasteiger partial charge in [-0.1, -0.05) is 12.1 Å². The summed E-state index contributed by atoms with van der Waals surface area (Å²) in [5.74, 6) is 0.718. The molecule has 16 heavy (non-hydrogen) atoms. The standard InChI is InChI=1S/C12H10N2OS/c13-9-4-1-5-10-12(9)14-11(15-10)7-8-3-2-6-16-8/h1-6H,7,13H2. The van der Waals surface area contributed by atoms with Crippen LogP contribution in [0, 0.1) is 0 Å². The van der Waals surface area contributed by atoms with Gasteiger partial charge in [-0.2, -0.15) is 0 Å². The Balaban J connectivity index is 2.02. The molecule has 0 bridgehead atoms. The second kappa shape index (κ2) is 3.64. The summed E-state index contributed by atoms with van der Waals surface area (Å²) >= 11 is 1.70. The molecule has 0 amide bonds. The van der Waals surface area contributed by atoms with E-state index in [9.17, 15) is 0 Å². The van der Waals surface area contributed by atoms with E-state index in [1.807, 2.05) is 29.6 Å². The maximum atomic E-state index is 5.82. The molecule has 80 valence electrons. The lowest BCUT2D eigenvalue weighted by Crippen LogP contribution is -1.86. The average molecular weight is 230 g/mol. The van der Waals surface area contributed by atoms with Crippen LogP contribution in [0.25, 0.3) is 11.1 Å². The second-order valence-corrected chi connectivity index (χ2v) is 4.59. The Kier molecular flexibility index (Phi) is 2.15. The summed E-state index contributed by atoms with van der Waals surface area (Å²) in [5.41, 5.74) is 8.00. The molecule has 0 aliphatic rings. The van der Waals surface area contributed by atoms with Crippen LogP contribution >= 0.6 is 11.3 Å². The molecule has 4 heteroatoms. The smallest absolute Gasteiger partial charge is 0.200 e. The van der Waals surface area contributed by atoms with E-state index in [-0.39, 0.29) is 0 Å². The molecule has 0 atom stereocenters. The van der Waals surface area contributed by atoms with Gasteiger partial charge >= 0.3 is 0 Å². The van der Waals surface area contributed by atoms with E-state index in [0.29, 0.717) is 5.69 Å². The second-order valence-electron chi connectivity index (χ2n) is 3.56. The van der Waals surface area contributed by atoms with Crippen molar-refractivity contribution in [2.45, 2.75) is 6.42 Å². The Bertz CT molecular complexity index is 613. The maximum Gasteiger partial charge on any atom is 0.200 e. The predicted molar refractivity (Wildman–Crippen MR) is 65.5 cm³/mol. The highest BCUT2D eigenvalue weighted by Crippen LogP contribution is 2.23. The molecule has 1 aromatic carbocycles. The maximum absolute atomic E-state index is 5.82. The fourth-order valence-electron chi connectivity index (χ4n) is 1.65. The van der Waals surface area contributed by atoms with Gasteiger partial charge in [0.15, 0.2) is 5.58 Å². The summed E-state index contributed by atoms with van der Waals surface area (Å²) < 4.78 is 5.64. The molecule has 0 fully saturated rings. The van der Waals surface area contributed by atoms with Crippen molar-refractivity contribution in [2.24, 2.45) is 0 Å². The van der Waals surface area contributed by atoms with Gasteiger partial charge in [0.2, 0.25) is 5.89 Å². The van der Waals surface area contributed by atoms with Crippen LogP contribution in [0.2, 0.25) is 0 Å². The van der Waals surface area contributed by atoms with Gasteiger partial charge in [-0.25, -0.2) is 4.98 Å². The van der Waals surface area contributed by atoms with Crippen LogP contribution in [0.5, 0.6) is 0 Å². The van der Waals surface area contributed by atoms with E-state index in [4.69, 9.17) is 10.2 Å². The largest absolute Gasteiger partial charge is 0.440 e. The first kappa shape index (κ1) is 9.42. The fourth-order valence-corrected chi connectivity index (χ4v) is 2.35. The molecule has 0 aliphatic carbocycles. The molecule has 2 heterocycles. The quantitative estimate of drug-likeness (QED) is 0.688. The minimum atomic E-state index is 0.665. The van der Waals surface area contributed by atoms with Gasteiger partial charge < -0.3 is 10.2 Å². The van der Waals surface area contributed by atoms with Crippen LogP contribution in [-0.2, 0) is 6.42 Å². The molecule has 0 saturated carbocycles. The zero-order valence-corrected chi connectivity index (χ0v) is 9.33. The van der Waals surface area contributed by atoms with Gasteiger partial charge in [0.25, 0.3) is 0 Å². The number of hydrogen-bond donors (Lipinski definition) is 1. The van der Waals surface area contributed by atoms with E-state index in [1.54, 1.807) is 11.3 Å². The molecular weight excluding hydrogens is 220 g/mol. The molecule has 3 rings (SSSR count). The number of nitrogens with two attached hydrogens (primary N) is 1. The zero-order valence-electron chi connectivity index (χ0n) is 8.51. The lowest BCUT2D eigenvalue weighted by molar-refractivity contribution is 0.545. The number of aromatic nitrogens is 1. The van der Waals surface area contributed by atoms with Crippen LogP contribution in [0.4, 0.5) is 5.69 Å². The summed E-state index contributed by atoms with van der Waals surface area (Å²) in [7, 11) is 0. The minimum absolute atomic E-state index is 0.665. The number of anilines is 1. The summed E-state index contributed by atoms with van der Waals surface area (Å²) in [6.45, 7) is 0. The molecule has 2 aromatic heterocycles. The summed E-state index contributed by atoms with van der Waals surface area (Å²) in [6.07, 6.45) is 0.728. The van der Waals surface area contributed by atoms with Crippen LogP contribution in [0.15, 0.2) is 40.1 Å². The molecule has 0 aliphatic heterocycles. The summed E-state index contributed by atoms with van der Waals surface area (Å²) in [5, 5.41) is 2.05. The van der Waals surface area contributed by atoms with Gasteiger partial charge in [-0.05, 0) is 23.6 Å². The Labute approximate surface area is 96.5 Å². The third-order valence-corrected chi connectivity index (χ3v) is 3.28. The van der Waals surface area contributed by atoms with Crippen molar-refractivity contribution >= 4 is 28.1 Å². The van der Waals surface area contributed by atoms with E-state index in [1.165, 1.54) is 4.88 Å². The van der Waals surface area contributed by atoms with Crippen molar-refractivity contribution in [2.75, 3.05) is 5.73 Å². The first-order valence-corrected chi connectivity index (χ1v) is 5.87. The number of thiophene rings is 1. The first-order valence-electron chi connectivity index (χ1n) is 4.99. The molecular formula is C12H10N2OS. The van der Waals surface area contributed by atoms with E-state index < -0.39 is 0 Å². The third kappa shape index (κ3) is 1.57. The van der Waals surface area contributed by atoms with Crippen molar-refractivity contribution in [1.29, 1.82) is 0 Å². The molecule has 3 nitrogen and oxygen atoms in total. The van der Waals surface area contributed by atoms with Gasteiger partial charge in [0, 0.05) is 4.88 Å². The van der Waals surface area contributed by atoms with E-state index in [0.717, 1.165) is 23.4 Å². The van der Waals surface area contributed by atoms with Gasteiger partial charge in [-0.15, -0.1) is 11.3 Å². The first-order chi connectivity index (χ1) is 7.83.